The Morgan fingerprint density at radius 3 is 2.63 bits per heavy atom. The average Bonchev–Trinajstić information content (AvgIpc) is 2.72. The molecule has 0 aromatic heterocycles. The number of carboxylic acid groups (broad SMARTS) is 1. The Balaban J connectivity index is 2.27. The molecule has 0 fully saturated rings. The van der Waals surface area contributed by atoms with Crippen molar-refractivity contribution in [1.82, 2.24) is 0 Å². The second-order valence-corrected chi connectivity index (χ2v) is 6.87. The van der Waals surface area contributed by atoms with Crippen molar-refractivity contribution in [2.24, 2.45) is 0 Å². The van der Waals surface area contributed by atoms with Gasteiger partial charge in [-0.1, -0.05) is 48.3 Å². The molecule has 1 amide bonds. The Bertz CT molecular complexity index is 926. The molecule has 0 spiro atoms. The highest BCUT2D eigenvalue weighted by atomic mass is 35.5. The number of ether oxygens (including phenoxy) is 1. The number of hydrogen-bond acceptors (Lipinski definition) is 3. The standard InChI is InChI=1S/C20H17Cl2NO4/c1-2-9-23-16-8-7-12(21)10-14(16)19(13-5-3-4-6-15(13)22)27-17(20(23)26)11-18(24)25/h3-8,10-11,19H,2,9H2,1H3,(H,24,25)/b17-11+/t19-/m0/s1. The van der Waals surface area contributed by atoms with Gasteiger partial charge in [0.05, 0.1) is 11.8 Å². The molecule has 2 aromatic rings. The van der Waals surface area contributed by atoms with Crippen molar-refractivity contribution in [2.75, 3.05) is 11.4 Å². The molecule has 1 heterocycles. The molecule has 2 aromatic carbocycles. The summed E-state index contributed by atoms with van der Waals surface area (Å²) in [5.41, 5.74) is 1.88. The van der Waals surface area contributed by atoms with Gasteiger partial charge in [0.25, 0.3) is 5.91 Å². The Hall–Kier alpha value is -2.50. The Kier molecular flexibility index (Phi) is 5.73. The first kappa shape index (κ1) is 19.3. The molecule has 7 heteroatoms. The van der Waals surface area contributed by atoms with E-state index in [1.807, 2.05) is 6.92 Å². The van der Waals surface area contributed by atoms with Crippen LogP contribution in [0.25, 0.3) is 0 Å². The number of carbonyl (C=O) groups excluding carboxylic acids is 1. The summed E-state index contributed by atoms with van der Waals surface area (Å²) in [6.07, 6.45) is 0.691. The zero-order valence-corrected chi connectivity index (χ0v) is 16.0. The maximum Gasteiger partial charge on any atom is 0.332 e. The van der Waals surface area contributed by atoms with Crippen molar-refractivity contribution < 1.29 is 19.4 Å². The summed E-state index contributed by atoms with van der Waals surface area (Å²) >= 11 is 12.6. The van der Waals surface area contributed by atoms with Crippen LogP contribution in [0.4, 0.5) is 5.69 Å². The van der Waals surface area contributed by atoms with E-state index in [9.17, 15) is 14.7 Å². The van der Waals surface area contributed by atoms with E-state index in [2.05, 4.69) is 0 Å². The number of aliphatic carboxylic acids is 1. The quantitative estimate of drug-likeness (QED) is 0.739. The highest BCUT2D eigenvalue weighted by Gasteiger charge is 2.34. The lowest BCUT2D eigenvalue weighted by atomic mass is 9.99. The number of carbonyl (C=O) groups is 2. The van der Waals surface area contributed by atoms with Gasteiger partial charge in [-0.25, -0.2) is 4.79 Å². The molecular formula is C20H17Cl2NO4. The maximum absolute atomic E-state index is 13.0. The van der Waals surface area contributed by atoms with E-state index in [-0.39, 0.29) is 5.76 Å². The van der Waals surface area contributed by atoms with Gasteiger partial charge >= 0.3 is 5.97 Å². The van der Waals surface area contributed by atoms with Gasteiger partial charge in [-0.2, -0.15) is 0 Å². The first-order valence-electron chi connectivity index (χ1n) is 8.39. The lowest BCUT2D eigenvalue weighted by Crippen LogP contribution is -2.32. The van der Waals surface area contributed by atoms with Gasteiger partial charge in [0.15, 0.2) is 11.9 Å². The van der Waals surface area contributed by atoms with Crippen LogP contribution in [0, 0.1) is 0 Å². The topological polar surface area (TPSA) is 66.8 Å². The number of amides is 1. The monoisotopic (exact) mass is 405 g/mol. The molecule has 0 unspecified atom stereocenters. The van der Waals surface area contributed by atoms with E-state index in [1.54, 1.807) is 42.5 Å². The molecule has 5 nitrogen and oxygen atoms in total. The molecule has 0 saturated heterocycles. The Morgan fingerprint density at radius 1 is 1.22 bits per heavy atom. The second-order valence-electron chi connectivity index (χ2n) is 6.03. The molecule has 1 aliphatic heterocycles. The van der Waals surface area contributed by atoms with Gasteiger partial charge in [-0.15, -0.1) is 0 Å². The fraction of sp³-hybridized carbons (Fsp3) is 0.200. The number of rotatable bonds is 4. The van der Waals surface area contributed by atoms with Crippen LogP contribution < -0.4 is 4.90 Å². The Labute approximate surface area is 166 Å². The summed E-state index contributed by atoms with van der Waals surface area (Å²) in [4.78, 5) is 25.7. The molecule has 0 saturated carbocycles. The number of halogens is 2. The number of anilines is 1. The fourth-order valence-corrected chi connectivity index (χ4v) is 3.45. The SMILES string of the molecule is CCCN1C(=O)/C(=C\C(=O)O)O[C@@H](c2ccccc2Cl)c2cc(Cl)ccc21. The molecular weight excluding hydrogens is 389 g/mol. The van der Waals surface area contributed by atoms with Crippen LogP contribution in [0.2, 0.25) is 10.0 Å². The third kappa shape index (κ3) is 3.94. The second kappa shape index (κ2) is 8.03. The molecule has 140 valence electrons. The zero-order chi connectivity index (χ0) is 19.6. The summed E-state index contributed by atoms with van der Waals surface area (Å²) < 4.78 is 5.91. The third-order valence-corrected chi connectivity index (χ3v) is 4.73. The zero-order valence-electron chi connectivity index (χ0n) is 14.5. The van der Waals surface area contributed by atoms with Crippen LogP contribution in [-0.2, 0) is 14.3 Å². The van der Waals surface area contributed by atoms with Gasteiger partial charge in [0, 0.05) is 27.7 Å². The largest absolute Gasteiger partial charge is 0.478 e. The highest BCUT2D eigenvalue weighted by molar-refractivity contribution is 6.31. The third-order valence-electron chi connectivity index (χ3n) is 4.15. The lowest BCUT2D eigenvalue weighted by molar-refractivity contribution is -0.132. The van der Waals surface area contributed by atoms with Gasteiger partial charge in [0.2, 0.25) is 0 Å². The van der Waals surface area contributed by atoms with Crippen molar-refractivity contribution in [2.45, 2.75) is 19.4 Å². The van der Waals surface area contributed by atoms with E-state index in [4.69, 9.17) is 27.9 Å². The summed E-state index contributed by atoms with van der Waals surface area (Å²) in [6.45, 7) is 2.34. The fourth-order valence-electron chi connectivity index (χ4n) is 3.04. The van der Waals surface area contributed by atoms with E-state index >= 15 is 0 Å². The molecule has 3 rings (SSSR count). The van der Waals surface area contributed by atoms with E-state index < -0.39 is 18.0 Å². The molecule has 0 radical (unpaired) electrons. The first-order chi connectivity index (χ1) is 12.9. The molecule has 1 aliphatic rings. The summed E-state index contributed by atoms with van der Waals surface area (Å²) in [5, 5.41) is 10.1. The van der Waals surface area contributed by atoms with Gasteiger partial charge in [-0.05, 0) is 30.7 Å². The molecule has 0 aliphatic carbocycles. The van der Waals surface area contributed by atoms with Crippen LogP contribution in [0.1, 0.15) is 30.6 Å². The number of fused-ring (bicyclic) bond motifs is 1. The average molecular weight is 406 g/mol. The van der Waals surface area contributed by atoms with Crippen LogP contribution in [0.3, 0.4) is 0 Å². The van der Waals surface area contributed by atoms with Crippen molar-refractivity contribution in [1.29, 1.82) is 0 Å². The van der Waals surface area contributed by atoms with Crippen molar-refractivity contribution >= 4 is 40.8 Å². The normalized spacial score (nSPS) is 18.0. The number of hydrogen-bond donors (Lipinski definition) is 1. The number of benzene rings is 2. The lowest BCUT2D eigenvalue weighted by Gasteiger charge is -2.22. The molecule has 27 heavy (non-hydrogen) atoms. The van der Waals surface area contributed by atoms with E-state index in [0.717, 1.165) is 6.08 Å². The van der Waals surface area contributed by atoms with Gasteiger partial charge < -0.3 is 14.7 Å². The van der Waals surface area contributed by atoms with Crippen molar-refractivity contribution in [3.8, 4) is 0 Å². The van der Waals surface area contributed by atoms with Gasteiger partial charge in [0.1, 0.15) is 0 Å². The minimum absolute atomic E-state index is 0.256. The maximum atomic E-state index is 13.0. The number of nitrogens with zero attached hydrogens (tertiary/aromatic N) is 1. The van der Waals surface area contributed by atoms with E-state index in [1.165, 1.54) is 4.90 Å². The molecule has 0 bridgehead atoms. The minimum Gasteiger partial charge on any atom is -0.478 e. The summed E-state index contributed by atoms with van der Waals surface area (Å²) in [6, 6.07) is 12.2. The van der Waals surface area contributed by atoms with Gasteiger partial charge in [-0.3, -0.25) is 4.79 Å². The summed E-state index contributed by atoms with van der Waals surface area (Å²) in [7, 11) is 0. The smallest absolute Gasteiger partial charge is 0.332 e. The predicted octanol–water partition coefficient (Wildman–Crippen LogP) is 4.82. The van der Waals surface area contributed by atoms with Crippen molar-refractivity contribution in [3.05, 3.63) is 75.5 Å². The molecule has 1 N–H and O–H groups in total. The summed E-state index contributed by atoms with van der Waals surface area (Å²) in [5.74, 6) is -2.04. The predicted molar refractivity (Wildman–Crippen MR) is 104 cm³/mol. The van der Waals surface area contributed by atoms with Crippen LogP contribution in [0.15, 0.2) is 54.3 Å². The molecule has 1 atom stereocenters. The van der Waals surface area contributed by atoms with Crippen LogP contribution >= 0.6 is 23.2 Å². The Morgan fingerprint density at radius 2 is 1.96 bits per heavy atom. The van der Waals surface area contributed by atoms with Crippen molar-refractivity contribution in [3.63, 3.8) is 0 Å². The van der Waals surface area contributed by atoms with Crippen LogP contribution in [0.5, 0.6) is 0 Å². The van der Waals surface area contributed by atoms with E-state index in [0.29, 0.717) is 39.8 Å². The number of carboxylic acids is 1. The van der Waals surface area contributed by atoms with Crippen LogP contribution in [-0.4, -0.2) is 23.5 Å². The first-order valence-corrected chi connectivity index (χ1v) is 9.15. The highest BCUT2D eigenvalue weighted by Crippen LogP contribution is 2.42. The minimum atomic E-state index is -1.27.